The minimum atomic E-state index is 0.159. The fraction of sp³-hybridized carbons (Fsp3) is 0.143. The molecule has 0 aliphatic rings. The summed E-state index contributed by atoms with van der Waals surface area (Å²) in [5, 5.41) is 9.70. The first-order chi connectivity index (χ1) is 8.69. The van der Waals surface area contributed by atoms with Gasteiger partial charge in [-0.3, -0.25) is 0 Å². The Morgan fingerprint density at radius 3 is 2.83 bits per heavy atom. The Labute approximate surface area is 106 Å². The molecule has 92 valence electrons. The third-order valence-corrected chi connectivity index (χ3v) is 2.47. The molecule has 2 rings (SSSR count). The normalized spacial score (nSPS) is 10.8. The number of aromatic nitrogens is 1. The Bertz CT molecular complexity index is 580. The highest BCUT2D eigenvalue weighted by molar-refractivity contribution is 5.85. The van der Waals surface area contributed by atoms with Gasteiger partial charge < -0.3 is 9.84 Å². The zero-order chi connectivity index (χ0) is 13.0. The minimum absolute atomic E-state index is 0.159. The second kappa shape index (κ2) is 5.31. The summed E-state index contributed by atoms with van der Waals surface area (Å²) in [6.45, 7) is 1.98. The lowest BCUT2D eigenvalue weighted by molar-refractivity contribution is 0.412. The number of methoxy groups -OCH3 is 1. The van der Waals surface area contributed by atoms with Crippen LogP contribution in [-0.2, 0) is 0 Å². The number of hydrogen-bond donors (Lipinski definition) is 1. The zero-order valence-corrected chi connectivity index (χ0v) is 10.3. The minimum Gasteiger partial charge on any atom is -0.507 e. The molecule has 0 aliphatic carbocycles. The Morgan fingerprint density at radius 1 is 1.28 bits per heavy atom. The quantitative estimate of drug-likeness (QED) is 0.842. The number of benzene rings is 1. The smallest absolute Gasteiger partial charge is 0.151 e. The van der Waals surface area contributed by atoms with Crippen molar-refractivity contribution in [2.24, 2.45) is 4.99 Å². The van der Waals surface area contributed by atoms with Crippen LogP contribution in [0.1, 0.15) is 11.1 Å². The molecule has 2 aromatic rings. The van der Waals surface area contributed by atoms with Crippen molar-refractivity contribution in [3.63, 3.8) is 0 Å². The average Bonchev–Trinajstić information content (AvgIpc) is 2.38. The van der Waals surface area contributed by atoms with Crippen LogP contribution in [0.3, 0.4) is 0 Å². The van der Waals surface area contributed by atoms with Crippen LogP contribution in [0.2, 0.25) is 0 Å². The van der Waals surface area contributed by atoms with Gasteiger partial charge in [0.05, 0.1) is 7.11 Å². The molecular weight excluding hydrogens is 228 g/mol. The van der Waals surface area contributed by atoms with Crippen molar-refractivity contribution in [3.8, 4) is 11.5 Å². The number of aliphatic imine (C=N–C) groups is 1. The first-order valence-corrected chi connectivity index (χ1v) is 5.53. The summed E-state index contributed by atoms with van der Waals surface area (Å²) in [6, 6.07) is 8.76. The maximum Gasteiger partial charge on any atom is 0.151 e. The van der Waals surface area contributed by atoms with Crippen molar-refractivity contribution in [1.82, 2.24) is 4.98 Å². The first-order valence-electron chi connectivity index (χ1n) is 5.53. The van der Waals surface area contributed by atoms with E-state index in [9.17, 15) is 5.11 Å². The molecule has 1 aromatic carbocycles. The summed E-state index contributed by atoms with van der Waals surface area (Å²) >= 11 is 0. The third kappa shape index (κ3) is 2.85. The number of hydrogen-bond acceptors (Lipinski definition) is 4. The van der Waals surface area contributed by atoms with E-state index in [4.69, 9.17) is 4.74 Å². The second-order valence-corrected chi connectivity index (χ2v) is 3.87. The Kier molecular flexibility index (Phi) is 3.57. The molecule has 0 spiro atoms. The average molecular weight is 242 g/mol. The van der Waals surface area contributed by atoms with Crippen LogP contribution in [0.5, 0.6) is 11.5 Å². The van der Waals surface area contributed by atoms with E-state index in [1.165, 1.54) is 0 Å². The molecule has 18 heavy (non-hydrogen) atoms. The van der Waals surface area contributed by atoms with Gasteiger partial charge in [-0.2, -0.15) is 0 Å². The highest BCUT2D eigenvalue weighted by Gasteiger charge is 2.00. The van der Waals surface area contributed by atoms with Crippen LogP contribution in [0.4, 0.5) is 5.82 Å². The third-order valence-electron chi connectivity index (χ3n) is 2.47. The van der Waals surface area contributed by atoms with Crippen LogP contribution in [0.25, 0.3) is 0 Å². The van der Waals surface area contributed by atoms with Gasteiger partial charge in [-0.15, -0.1) is 0 Å². The standard InChI is InChI=1S/C14H14N2O2/c1-10-5-6-15-14(7-10)16-9-11-8-12(18-2)3-4-13(11)17/h3-9,17H,1-2H3. The van der Waals surface area contributed by atoms with Crippen molar-refractivity contribution in [2.75, 3.05) is 7.11 Å². The Balaban J connectivity index is 2.28. The highest BCUT2D eigenvalue weighted by atomic mass is 16.5. The summed E-state index contributed by atoms with van der Waals surface area (Å²) in [5.74, 6) is 1.44. The van der Waals surface area contributed by atoms with Crippen molar-refractivity contribution in [3.05, 3.63) is 47.7 Å². The summed E-state index contributed by atoms with van der Waals surface area (Å²) < 4.78 is 5.09. The van der Waals surface area contributed by atoms with Gasteiger partial charge in [-0.05, 0) is 42.8 Å². The molecule has 4 nitrogen and oxygen atoms in total. The van der Waals surface area contributed by atoms with Gasteiger partial charge >= 0.3 is 0 Å². The molecule has 0 amide bonds. The van der Waals surface area contributed by atoms with E-state index in [0.29, 0.717) is 17.1 Å². The lowest BCUT2D eigenvalue weighted by Gasteiger charge is -2.02. The van der Waals surface area contributed by atoms with Gasteiger partial charge in [0.2, 0.25) is 0 Å². The highest BCUT2D eigenvalue weighted by Crippen LogP contribution is 2.21. The number of phenols is 1. The van der Waals surface area contributed by atoms with E-state index in [1.807, 2.05) is 19.1 Å². The topological polar surface area (TPSA) is 54.7 Å². The molecule has 1 aromatic heterocycles. The lowest BCUT2D eigenvalue weighted by Crippen LogP contribution is -1.87. The van der Waals surface area contributed by atoms with Gasteiger partial charge in [0, 0.05) is 18.0 Å². The number of aromatic hydroxyl groups is 1. The summed E-state index contributed by atoms with van der Waals surface area (Å²) in [5.41, 5.74) is 1.68. The van der Waals surface area contributed by atoms with Gasteiger partial charge in [0.1, 0.15) is 11.5 Å². The molecule has 0 atom stereocenters. The molecule has 0 bridgehead atoms. The van der Waals surface area contributed by atoms with Gasteiger partial charge in [0.15, 0.2) is 5.82 Å². The molecule has 4 heteroatoms. The number of phenolic OH excluding ortho intramolecular Hbond substituents is 1. The fourth-order valence-corrected chi connectivity index (χ4v) is 1.49. The first kappa shape index (κ1) is 12.1. The number of pyridine rings is 1. The molecule has 0 saturated carbocycles. The van der Waals surface area contributed by atoms with Gasteiger partial charge in [0.25, 0.3) is 0 Å². The van der Waals surface area contributed by atoms with E-state index in [0.717, 1.165) is 5.56 Å². The van der Waals surface area contributed by atoms with E-state index < -0.39 is 0 Å². The van der Waals surface area contributed by atoms with E-state index in [1.54, 1.807) is 37.7 Å². The monoisotopic (exact) mass is 242 g/mol. The number of ether oxygens (including phenoxy) is 1. The predicted octanol–water partition coefficient (Wildman–Crippen LogP) is 2.85. The summed E-state index contributed by atoms with van der Waals surface area (Å²) in [4.78, 5) is 8.34. The molecule has 0 saturated heterocycles. The van der Waals surface area contributed by atoms with Crippen molar-refractivity contribution in [2.45, 2.75) is 6.92 Å². The van der Waals surface area contributed by atoms with Crippen molar-refractivity contribution < 1.29 is 9.84 Å². The van der Waals surface area contributed by atoms with Crippen LogP contribution in [0, 0.1) is 6.92 Å². The molecule has 0 unspecified atom stereocenters. The van der Waals surface area contributed by atoms with Gasteiger partial charge in [-0.25, -0.2) is 9.98 Å². The number of nitrogens with zero attached hydrogens (tertiary/aromatic N) is 2. The Hall–Kier alpha value is -2.36. The van der Waals surface area contributed by atoms with Crippen LogP contribution in [-0.4, -0.2) is 23.4 Å². The lowest BCUT2D eigenvalue weighted by atomic mass is 10.2. The van der Waals surface area contributed by atoms with E-state index in [2.05, 4.69) is 9.98 Å². The molecule has 1 N–H and O–H groups in total. The zero-order valence-electron chi connectivity index (χ0n) is 10.3. The molecule has 0 aliphatic heterocycles. The summed E-state index contributed by atoms with van der Waals surface area (Å²) in [6.07, 6.45) is 3.27. The molecule has 0 radical (unpaired) electrons. The SMILES string of the molecule is COc1ccc(O)c(C=Nc2cc(C)ccn2)c1. The Morgan fingerprint density at radius 2 is 2.11 bits per heavy atom. The van der Waals surface area contributed by atoms with Crippen LogP contribution < -0.4 is 4.74 Å². The molecule has 0 fully saturated rings. The fourth-order valence-electron chi connectivity index (χ4n) is 1.49. The predicted molar refractivity (Wildman–Crippen MR) is 70.9 cm³/mol. The second-order valence-electron chi connectivity index (χ2n) is 3.87. The number of aryl methyl sites for hydroxylation is 1. The molecule has 1 heterocycles. The van der Waals surface area contributed by atoms with Crippen molar-refractivity contribution >= 4 is 12.0 Å². The summed E-state index contributed by atoms with van der Waals surface area (Å²) in [7, 11) is 1.58. The van der Waals surface area contributed by atoms with Crippen LogP contribution >= 0.6 is 0 Å². The number of rotatable bonds is 3. The molecular formula is C14H14N2O2. The van der Waals surface area contributed by atoms with Gasteiger partial charge in [-0.1, -0.05) is 0 Å². The van der Waals surface area contributed by atoms with E-state index in [-0.39, 0.29) is 5.75 Å². The maximum atomic E-state index is 9.70. The van der Waals surface area contributed by atoms with Crippen molar-refractivity contribution in [1.29, 1.82) is 0 Å². The largest absolute Gasteiger partial charge is 0.507 e. The maximum absolute atomic E-state index is 9.70. The van der Waals surface area contributed by atoms with Crippen LogP contribution in [0.15, 0.2) is 41.5 Å². The van der Waals surface area contributed by atoms with E-state index >= 15 is 0 Å².